The van der Waals surface area contributed by atoms with Gasteiger partial charge in [0.1, 0.15) is 11.6 Å². The lowest BCUT2D eigenvalue weighted by Crippen LogP contribution is -2.03. The van der Waals surface area contributed by atoms with Gasteiger partial charge in [0.15, 0.2) is 0 Å². The summed E-state index contributed by atoms with van der Waals surface area (Å²) < 4.78 is 18.3. The maximum Gasteiger partial charge on any atom is 0.335 e. The second-order valence-corrected chi connectivity index (χ2v) is 5.05. The van der Waals surface area contributed by atoms with Crippen LogP contribution in [0.2, 0.25) is 0 Å². The third-order valence-corrected chi connectivity index (χ3v) is 3.44. The SMILES string of the molecule is N#CC(CCCOc1ccc(F)cc1)c1ccc(C(=O)O)cc1. The molecule has 0 saturated heterocycles. The molecule has 0 aliphatic rings. The maximum absolute atomic E-state index is 12.8. The molecule has 1 atom stereocenters. The molecule has 23 heavy (non-hydrogen) atoms. The van der Waals surface area contributed by atoms with Gasteiger partial charge < -0.3 is 9.84 Å². The van der Waals surface area contributed by atoms with Crippen LogP contribution in [-0.4, -0.2) is 17.7 Å². The Balaban J connectivity index is 1.84. The van der Waals surface area contributed by atoms with Crippen LogP contribution in [0, 0.1) is 17.1 Å². The van der Waals surface area contributed by atoms with Gasteiger partial charge in [0.2, 0.25) is 0 Å². The summed E-state index contributed by atoms with van der Waals surface area (Å²) in [6.45, 7) is 0.428. The number of rotatable bonds is 7. The quantitative estimate of drug-likeness (QED) is 0.785. The monoisotopic (exact) mass is 313 g/mol. The number of carboxylic acid groups (broad SMARTS) is 1. The molecule has 0 fully saturated rings. The number of ether oxygens (including phenoxy) is 1. The first-order chi connectivity index (χ1) is 11.1. The molecule has 0 aliphatic heterocycles. The van der Waals surface area contributed by atoms with Gasteiger partial charge in [0.25, 0.3) is 0 Å². The van der Waals surface area contributed by atoms with E-state index in [0.717, 1.165) is 5.56 Å². The van der Waals surface area contributed by atoms with Crippen LogP contribution in [0.15, 0.2) is 48.5 Å². The lowest BCUT2D eigenvalue weighted by atomic mass is 9.95. The fourth-order valence-corrected chi connectivity index (χ4v) is 2.17. The van der Waals surface area contributed by atoms with E-state index in [-0.39, 0.29) is 17.3 Å². The predicted molar refractivity (Wildman–Crippen MR) is 82.9 cm³/mol. The Morgan fingerprint density at radius 3 is 2.39 bits per heavy atom. The average Bonchev–Trinajstić information content (AvgIpc) is 2.57. The summed E-state index contributed by atoms with van der Waals surface area (Å²) in [7, 11) is 0. The van der Waals surface area contributed by atoms with Crippen molar-refractivity contribution >= 4 is 5.97 Å². The summed E-state index contributed by atoms with van der Waals surface area (Å²) >= 11 is 0. The Bertz CT molecular complexity index is 690. The smallest absolute Gasteiger partial charge is 0.335 e. The summed E-state index contributed by atoms with van der Waals surface area (Å²) in [5.41, 5.74) is 0.990. The standard InChI is InChI=1S/C18H16FNO3/c19-16-7-9-17(10-8-16)23-11-1-2-15(12-20)13-3-5-14(6-4-13)18(21)22/h3-10,15H,1-2,11H2,(H,21,22). The molecule has 0 aliphatic carbocycles. The molecule has 0 bridgehead atoms. The van der Waals surface area contributed by atoms with Gasteiger partial charge in [0.05, 0.1) is 24.2 Å². The van der Waals surface area contributed by atoms with E-state index in [9.17, 15) is 14.4 Å². The minimum atomic E-state index is -0.988. The van der Waals surface area contributed by atoms with Crippen molar-refractivity contribution in [2.75, 3.05) is 6.61 Å². The lowest BCUT2D eigenvalue weighted by molar-refractivity contribution is 0.0697. The van der Waals surface area contributed by atoms with E-state index in [0.29, 0.717) is 25.2 Å². The van der Waals surface area contributed by atoms with Crippen LogP contribution in [0.4, 0.5) is 4.39 Å². The Labute approximate surface area is 133 Å². The number of benzene rings is 2. The molecule has 118 valence electrons. The molecule has 4 nitrogen and oxygen atoms in total. The zero-order valence-corrected chi connectivity index (χ0v) is 12.4. The molecule has 1 unspecified atom stereocenters. The predicted octanol–water partition coefficient (Wildman–Crippen LogP) is 3.99. The van der Waals surface area contributed by atoms with Crippen LogP contribution in [-0.2, 0) is 0 Å². The molecule has 1 N–H and O–H groups in total. The van der Waals surface area contributed by atoms with E-state index in [1.54, 1.807) is 24.3 Å². The Kier molecular flexibility index (Phi) is 5.70. The molecular weight excluding hydrogens is 297 g/mol. The van der Waals surface area contributed by atoms with Crippen molar-refractivity contribution in [1.82, 2.24) is 0 Å². The number of nitriles is 1. The molecule has 0 spiro atoms. The van der Waals surface area contributed by atoms with Gasteiger partial charge in [-0.25, -0.2) is 9.18 Å². The van der Waals surface area contributed by atoms with Crippen LogP contribution in [0.1, 0.15) is 34.7 Å². The number of carboxylic acids is 1. The van der Waals surface area contributed by atoms with E-state index < -0.39 is 5.97 Å². The molecular formula is C18H16FNO3. The van der Waals surface area contributed by atoms with E-state index >= 15 is 0 Å². The fraction of sp³-hybridized carbons (Fsp3) is 0.222. The normalized spacial score (nSPS) is 11.5. The van der Waals surface area contributed by atoms with Gasteiger partial charge in [-0.15, -0.1) is 0 Å². The van der Waals surface area contributed by atoms with Crippen LogP contribution in [0.5, 0.6) is 5.75 Å². The van der Waals surface area contributed by atoms with Crippen molar-refractivity contribution in [2.45, 2.75) is 18.8 Å². The summed E-state index contributed by atoms with van der Waals surface area (Å²) in [5.74, 6) is -1.02. The van der Waals surface area contributed by atoms with Gasteiger partial charge in [-0.05, 0) is 54.8 Å². The van der Waals surface area contributed by atoms with Crippen LogP contribution >= 0.6 is 0 Å². The molecule has 0 heterocycles. The molecule has 0 aromatic heterocycles. The van der Waals surface area contributed by atoms with Crippen LogP contribution < -0.4 is 4.74 Å². The summed E-state index contributed by atoms with van der Waals surface area (Å²) in [6.07, 6.45) is 1.26. The Morgan fingerprint density at radius 1 is 1.17 bits per heavy atom. The minimum Gasteiger partial charge on any atom is -0.494 e. The van der Waals surface area contributed by atoms with E-state index in [4.69, 9.17) is 9.84 Å². The van der Waals surface area contributed by atoms with Crippen molar-refractivity contribution in [3.63, 3.8) is 0 Å². The molecule has 0 saturated carbocycles. The molecule has 2 aromatic carbocycles. The topological polar surface area (TPSA) is 70.3 Å². The van der Waals surface area contributed by atoms with E-state index in [2.05, 4.69) is 6.07 Å². The largest absolute Gasteiger partial charge is 0.494 e. The zero-order chi connectivity index (χ0) is 16.7. The minimum absolute atomic E-state index is 0.199. The van der Waals surface area contributed by atoms with Gasteiger partial charge in [-0.2, -0.15) is 5.26 Å². The number of nitrogens with zero attached hydrogens (tertiary/aromatic N) is 1. The summed E-state index contributed by atoms with van der Waals surface area (Å²) in [5, 5.41) is 18.1. The highest BCUT2D eigenvalue weighted by molar-refractivity contribution is 5.87. The van der Waals surface area contributed by atoms with Gasteiger partial charge >= 0.3 is 5.97 Å². The van der Waals surface area contributed by atoms with E-state index in [1.807, 2.05) is 0 Å². The van der Waals surface area contributed by atoms with Crippen molar-refractivity contribution in [3.05, 3.63) is 65.5 Å². The molecule has 5 heteroatoms. The van der Waals surface area contributed by atoms with E-state index in [1.165, 1.54) is 24.3 Å². The van der Waals surface area contributed by atoms with Gasteiger partial charge in [-0.3, -0.25) is 0 Å². The third-order valence-electron chi connectivity index (χ3n) is 3.44. The van der Waals surface area contributed by atoms with Crippen LogP contribution in [0.3, 0.4) is 0 Å². The number of hydrogen-bond donors (Lipinski definition) is 1. The van der Waals surface area contributed by atoms with Gasteiger partial charge in [0, 0.05) is 0 Å². The molecule has 2 rings (SSSR count). The van der Waals surface area contributed by atoms with Crippen LogP contribution in [0.25, 0.3) is 0 Å². The number of aromatic carboxylic acids is 1. The zero-order valence-electron chi connectivity index (χ0n) is 12.4. The maximum atomic E-state index is 12.8. The Morgan fingerprint density at radius 2 is 1.83 bits per heavy atom. The number of halogens is 1. The Hall–Kier alpha value is -2.87. The summed E-state index contributed by atoms with van der Waals surface area (Å²) in [6, 6.07) is 14.3. The number of carbonyl (C=O) groups is 1. The second-order valence-electron chi connectivity index (χ2n) is 5.05. The number of hydrogen-bond acceptors (Lipinski definition) is 3. The van der Waals surface area contributed by atoms with Crippen molar-refractivity contribution < 1.29 is 19.0 Å². The molecule has 0 amide bonds. The fourth-order valence-electron chi connectivity index (χ4n) is 2.17. The lowest BCUT2D eigenvalue weighted by Gasteiger charge is -2.10. The highest BCUT2D eigenvalue weighted by Gasteiger charge is 2.11. The average molecular weight is 313 g/mol. The highest BCUT2D eigenvalue weighted by atomic mass is 19.1. The van der Waals surface area contributed by atoms with Crippen molar-refractivity contribution in [1.29, 1.82) is 5.26 Å². The first-order valence-corrected chi connectivity index (χ1v) is 7.21. The second kappa shape index (κ2) is 7.95. The van der Waals surface area contributed by atoms with Crippen molar-refractivity contribution in [2.24, 2.45) is 0 Å². The highest BCUT2D eigenvalue weighted by Crippen LogP contribution is 2.21. The molecule has 0 radical (unpaired) electrons. The third kappa shape index (κ3) is 4.82. The van der Waals surface area contributed by atoms with Crippen molar-refractivity contribution in [3.8, 4) is 11.8 Å². The summed E-state index contributed by atoms with van der Waals surface area (Å²) in [4.78, 5) is 10.8. The van der Waals surface area contributed by atoms with Gasteiger partial charge in [-0.1, -0.05) is 12.1 Å². The first-order valence-electron chi connectivity index (χ1n) is 7.21. The molecule has 2 aromatic rings. The first kappa shape index (κ1) is 16.5.